The second-order valence-corrected chi connectivity index (χ2v) is 4.51. The summed E-state index contributed by atoms with van der Waals surface area (Å²) >= 11 is 0. The number of methoxy groups -OCH3 is 1. The number of hydrogen-bond acceptors (Lipinski definition) is 3. The first kappa shape index (κ1) is 10.4. The molecule has 1 heterocycles. The number of anilines is 1. The Morgan fingerprint density at radius 1 is 1.24 bits per heavy atom. The molecule has 0 atom stereocenters. The first-order valence-electron chi connectivity index (χ1n) is 6.05. The van der Waals surface area contributed by atoms with E-state index in [9.17, 15) is 0 Å². The average molecular weight is 228 g/mol. The van der Waals surface area contributed by atoms with Crippen LogP contribution >= 0.6 is 0 Å². The van der Waals surface area contributed by atoms with Gasteiger partial charge >= 0.3 is 0 Å². The van der Waals surface area contributed by atoms with E-state index < -0.39 is 0 Å². The molecule has 0 aliphatic heterocycles. The van der Waals surface area contributed by atoms with Crippen LogP contribution in [0.25, 0.3) is 10.9 Å². The van der Waals surface area contributed by atoms with Crippen LogP contribution in [0.1, 0.15) is 24.1 Å². The summed E-state index contributed by atoms with van der Waals surface area (Å²) in [5, 5.41) is 0.968. The van der Waals surface area contributed by atoms with Gasteiger partial charge in [0.1, 0.15) is 5.75 Å². The van der Waals surface area contributed by atoms with Crippen molar-refractivity contribution < 1.29 is 4.74 Å². The molecular weight excluding hydrogens is 212 g/mol. The fourth-order valence-corrected chi connectivity index (χ4v) is 2.65. The number of ether oxygens (including phenoxy) is 1. The van der Waals surface area contributed by atoms with Gasteiger partial charge in [0.05, 0.1) is 18.0 Å². The Hall–Kier alpha value is -1.77. The Labute approximate surface area is 101 Å². The molecule has 1 aromatic heterocycles. The van der Waals surface area contributed by atoms with Crippen LogP contribution in [0.15, 0.2) is 18.2 Å². The minimum absolute atomic E-state index is 0.820. The molecule has 2 N–H and O–H groups in total. The molecule has 1 aromatic carbocycles. The van der Waals surface area contributed by atoms with Crippen LogP contribution in [0.5, 0.6) is 5.75 Å². The van der Waals surface area contributed by atoms with Crippen molar-refractivity contribution in [3.63, 3.8) is 0 Å². The summed E-state index contributed by atoms with van der Waals surface area (Å²) in [5.41, 5.74) is 10.5. The Bertz CT molecular complexity index is 578. The molecule has 1 aliphatic carbocycles. The van der Waals surface area contributed by atoms with Gasteiger partial charge in [-0.3, -0.25) is 4.98 Å². The minimum Gasteiger partial charge on any atom is -0.496 e. The third-order valence-corrected chi connectivity index (χ3v) is 3.51. The average Bonchev–Trinajstić information content (AvgIpc) is 2.38. The molecule has 0 saturated heterocycles. The van der Waals surface area contributed by atoms with Gasteiger partial charge in [0.25, 0.3) is 0 Å². The SMILES string of the molecule is COc1cccc2nc3c(c(N)c12)CCCC3. The number of fused-ring (bicyclic) bond motifs is 2. The van der Waals surface area contributed by atoms with E-state index >= 15 is 0 Å². The van der Waals surface area contributed by atoms with Crippen molar-refractivity contribution in [1.29, 1.82) is 0 Å². The van der Waals surface area contributed by atoms with E-state index in [-0.39, 0.29) is 0 Å². The fourth-order valence-electron chi connectivity index (χ4n) is 2.65. The maximum absolute atomic E-state index is 6.30. The Kier molecular flexibility index (Phi) is 2.39. The smallest absolute Gasteiger partial charge is 0.130 e. The number of nitrogen functional groups attached to an aromatic ring is 1. The molecule has 0 unspecified atom stereocenters. The highest BCUT2D eigenvalue weighted by molar-refractivity contribution is 5.97. The summed E-state index contributed by atoms with van der Waals surface area (Å²) < 4.78 is 5.38. The highest BCUT2D eigenvalue weighted by atomic mass is 16.5. The molecule has 88 valence electrons. The minimum atomic E-state index is 0.820. The van der Waals surface area contributed by atoms with E-state index in [2.05, 4.69) is 0 Å². The molecule has 3 heteroatoms. The number of aromatic nitrogens is 1. The molecule has 0 spiro atoms. The first-order chi connectivity index (χ1) is 8.31. The van der Waals surface area contributed by atoms with Gasteiger partial charge in [0, 0.05) is 11.4 Å². The number of nitrogens with two attached hydrogens (primary N) is 1. The lowest BCUT2D eigenvalue weighted by atomic mass is 9.93. The number of nitrogens with zero attached hydrogens (tertiary/aromatic N) is 1. The van der Waals surface area contributed by atoms with Crippen LogP contribution in [-0.2, 0) is 12.8 Å². The highest BCUT2D eigenvalue weighted by Gasteiger charge is 2.18. The fraction of sp³-hybridized carbons (Fsp3) is 0.357. The number of rotatable bonds is 1. The van der Waals surface area contributed by atoms with Gasteiger partial charge in [-0.05, 0) is 43.4 Å². The second kappa shape index (κ2) is 3.91. The Morgan fingerprint density at radius 2 is 2.06 bits per heavy atom. The molecule has 3 rings (SSSR count). The van der Waals surface area contributed by atoms with Gasteiger partial charge in [0.2, 0.25) is 0 Å². The molecule has 0 amide bonds. The van der Waals surface area contributed by atoms with Crippen molar-refractivity contribution in [3.8, 4) is 5.75 Å². The quantitative estimate of drug-likeness (QED) is 0.816. The van der Waals surface area contributed by atoms with Gasteiger partial charge in [0.15, 0.2) is 0 Å². The molecule has 17 heavy (non-hydrogen) atoms. The maximum atomic E-state index is 6.30. The maximum Gasteiger partial charge on any atom is 0.130 e. The number of hydrogen-bond donors (Lipinski definition) is 1. The normalized spacial score (nSPS) is 14.6. The lowest BCUT2D eigenvalue weighted by molar-refractivity contribution is 0.420. The molecular formula is C14H16N2O. The van der Waals surface area contributed by atoms with Crippen LogP contribution in [0.3, 0.4) is 0 Å². The van der Waals surface area contributed by atoms with Crippen LogP contribution in [0.4, 0.5) is 5.69 Å². The second-order valence-electron chi connectivity index (χ2n) is 4.51. The molecule has 1 aliphatic rings. The summed E-state index contributed by atoms with van der Waals surface area (Å²) in [6.45, 7) is 0. The van der Waals surface area contributed by atoms with E-state index in [1.165, 1.54) is 24.1 Å². The predicted molar refractivity (Wildman–Crippen MR) is 69.3 cm³/mol. The van der Waals surface area contributed by atoms with Crippen LogP contribution < -0.4 is 10.5 Å². The topological polar surface area (TPSA) is 48.1 Å². The van der Waals surface area contributed by atoms with E-state index in [0.29, 0.717) is 0 Å². The molecule has 0 saturated carbocycles. The van der Waals surface area contributed by atoms with E-state index in [1.807, 2.05) is 18.2 Å². The van der Waals surface area contributed by atoms with Crippen molar-refractivity contribution in [2.24, 2.45) is 0 Å². The van der Waals surface area contributed by atoms with Gasteiger partial charge < -0.3 is 10.5 Å². The van der Waals surface area contributed by atoms with Crippen molar-refractivity contribution in [2.45, 2.75) is 25.7 Å². The lowest BCUT2D eigenvalue weighted by Gasteiger charge is -2.19. The summed E-state index contributed by atoms with van der Waals surface area (Å²) in [7, 11) is 1.67. The first-order valence-corrected chi connectivity index (χ1v) is 6.05. The van der Waals surface area contributed by atoms with Crippen LogP contribution in [0, 0.1) is 0 Å². The summed E-state index contributed by atoms with van der Waals surface area (Å²) in [4.78, 5) is 4.73. The largest absolute Gasteiger partial charge is 0.496 e. The van der Waals surface area contributed by atoms with Gasteiger partial charge in [-0.15, -0.1) is 0 Å². The zero-order valence-corrected chi connectivity index (χ0v) is 9.99. The zero-order valence-electron chi connectivity index (χ0n) is 9.99. The molecule has 0 radical (unpaired) electrons. The van der Waals surface area contributed by atoms with E-state index in [1.54, 1.807) is 7.11 Å². The van der Waals surface area contributed by atoms with Crippen molar-refractivity contribution in [2.75, 3.05) is 12.8 Å². The Balaban J connectivity index is 2.36. The Morgan fingerprint density at radius 3 is 2.88 bits per heavy atom. The van der Waals surface area contributed by atoms with Crippen molar-refractivity contribution in [3.05, 3.63) is 29.5 Å². The summed E-state index contributed by atoms with van der Waals surface area (Å²) in [6, 6.07) is 5.90. The molecule has 2 aromatic rings. The number of benzene rings is 1. The summed E-state index contributed by atoms with van der Waals surface area (Å²) in [6.07, 6.45) is 4.52. The van der Waals surface area contributed by atoms with Crippen molar-refractivity contribution in [1.82, 2.24) is 4.98 Å². The van der Waals surface area contributed by atoms with E-state index in [0.717, 1.165) is 35.2 Å². The van der Waals surface area contributed by atoms with Gasteiger partial charge in [-0.25, -0.2) is 0 Å². The van der Waals surface area contributed by atoms with Gasteiger partial charge in [-0.1, -0.05) is 6.07 Å². The zero-order chi connectivity index (χ0) is 11.8. The number of pyridine rings is 1. The lowest BCUT2D eigenvalue weighted by Crippen LogP contribution is -2.09. The third kappa shape index (κ3) is 1.54. The predicted octanol–water partition coefficient (Wildman–Crippen LogP) is 2.70. The van der Waals surface area contributed by atoms with Gasteiger partial charge in [-0.2, -0.15) is 0 Å². The number of aryl methyl sites for hydroxylation is 1. The van der Waals surface area contributed by atoms with E-state index in [4.69, 9.17) is 15.5 Å². The molecule has 3 nitrogen and oxygen atoms in total. The van der Waals surface area contributed by atoms with Crippen LogP contribution in [-0.4, -0.2) is 12.1 Å². The third-order valence-electron chi connectivity index (χ3n) is 3.51. The van der Waals surface area contributed by atoms with Crippen LogP contribution in [0.2, 0.25) is 0 Å². The highest BCUT2D eigenvalue weighted by Crippen LogP contribution is 2.35. The standard InChI is InChI=1S/C14H16N2O/c1-17-12-8-4-7-11-13(12)14(15)9-5-2-3-6-10(9)16-11/h4,7-8H,2-3,5-6H2,1H3,(H2,15,16). The molecule has 0 fully saturated rings. The van der Waals surface area contributed by atoms with Crippen molar-refractivity contribution >= 4 is 16.6 Å². The summed E-state index contributed by atoms with van der Waals surface area (Å²) in [5.74, 6) is 0.820. The molecule has 0 bridgehead atoms. The monoisotopic (exact) mass is 228 g/mol.